The lowest BCUT2D eigenvalue weighted by atomic mass is 9.46. The lowest BCUT2D eigenvalue weighted by molar-refractivity contribution is -0.0665. The Hall–Kier alpha value is -1.06. The van der Waals surface area contributed by atoms with Crippen LogP contribution in [0.3, 0.4) is 0 Å². The van der Waals surface area contributed by atoms with Gasteiger partial charge in [0.2, 0.25) is 0 Å². The average molecular weight is 247 g/mol. The molecule has 0 aromatic carbocycles. The second kappa shape index (κ2) is 3.49. The zero-order valence-electron chi connectivity index (χ0n) is 10.9. The number of rotatable bonds is 2. The van der Waals surface area contributed by atoms with E-state index in [2.05, 4.69) is 17.2 Å². The molecule has 0 spiro atoms. The van der Waals surface area contributed by atoms with Crippen molar-refractivity contribution in [2.24, 2.45) is 23.2 Å². The van der Waals surface area contributed by atoms with Gasteiger partial charge in [0.15, 0.2) is 5.82 Å². The van der Waals surface area contributed by atoms with E-state index in [1.165, 1.54) is 38.5 Å². The molecule has 1 unspecified atom stereocenters. The van der Waals surface area contributed by atoms with Gasteiger partial charge >= 0.3 is 0 Å². The third-order valence-electron chi connectivity index (χ3n) is 5.96. The maximum Gasteiger partial charge on any atom is 0.191 e. The zero-order valence-corrected chi connectivity index (χ0v) is 10.9. The molecule has 0 amide bonds. The molecule has 4 nitrogen and oxygen atoms in total. The molecule has 4 fully saturated rings. The van der Waals surface area contributed by atoms with Gasteiger partial charge in [0.25, 0.3) is 0 Å². The first-order valence-electron chi connectivity index (χ1n) is 7.24. The van der Waals surface area contributed by atoms with Gasteiger partial charge in [0.05, 0.1) is 0 Å². The van der Waals surface area contributed by atoms with Crippen molar-refractivity contribution in [1.29, 1.82) is 0 Å². The van der Waals surface area contributed by atoms with Crippen molar-refractivity contribution in [1.82, 2.24) is 10.3 Å². The summed E-state index contributed by atoms with van der Waals surface area (Å²) in [4.78, 5) is 0. The fourth-order valence-corrected chi connectivity index (χ4v) is 5.50. The number of hydrogen-bond acceptors (Lipinski definition) is 4. The fourth-order valence-electron chi connectivity index (χ4n) is 5.50. The van der Waals surface area contributed by atoms with Crippen LogP contribution in [0.5, 0.6) is 0 Å². The van der Waals surface area contributed by atoms with E-state index in [9.17, 15) is 0 Å². The SMILES string of the molecule is CC(c1nonc1N)C12CC3CC(CC(C3)C1)C2. The van der Waals surface area contributed by atoms with Gasteiger partial charge in [0, 0.05) is 5.92 Å². The van der Waals surface area contributed by atoms with Gasteiger partial charge in [-0.25, -0.2) is 4.63 Å². The molecule has 4 aliphatic rings. The number of aromatic nitrogens is 2. The fraction of sp³-hybridized carbons (Fsp3) is 0.857. The molecule has 0 aliphatic heterocycles. The van der Waals surface area contributed by atoms with Crippen molar-refractivity contribution in [3.05, 3.63) is 5.69 Å². The van der Waals surface area contributed by atoms with Crippen LogP contribution >= 0.6 is 0 Å². The molecule has 98 valence electrons. The minimum absolute atomic E-state index is 0.400. The number of nitrogens with two attached hydrogens (primary N) is 1. The largest absolute Gasteiger partial charge is 0.379 e. The van der Waals surface area contributed by atoms with Gasteiger partial charge in [-0.15, -0.1) is 0 Å². The minimum Gasteiger partial charge on any atom is -0.379 e. The second-order valence-electron chi connectivity index (χ2n) is 7.04. The first kappa shape index (κ1) is 10.8. The summed E-state index contributed by atoms with van der Waals surface area (Å²) in [6, 6.07) is 0. The van der Waals surface area contributed by atoms with Crippen LogP contribution in [0.25, 0.3) is 0 Å². The zero-order chi connectivity index (χ0) is 12.3. The van der Waals surface area contributed by atoms with Crippen molar-refractivity contribution in [2.45, 2.75) is 51.4 Å². The van der Waals surface area contributed by atoms with E-state index in [1.807, 2.05) is 0 Å². The van der Waals surface area contributed by atoms with Gasteiger partial charge in [0.1, 0.15) is 5.69 Å². The summed E-state index contributed by atoms with van der Waals surface area (Å²) in [5, 5.41) is 7.82. The van der Waals surface area contributed by atoms with E-state index in [-0.39, 0.29) is 0 Å². The molecule has 1 atom stereocenters. The van der Waals surface area contributed by atoms with Crippen LogP contribution < -0.4 is 5.73 Å². The van der Waals surface area contributed by atoms with Crippen LogP contribution in [0.4, 0.5) is 5.82 Å². The summed E-state index contributed by atoms with van der Waals surface area (Å²) in [7, 11) is 0. The van der Waals surface area contributed by atoms with E-state index in [4.69, 9.17) is 10.4 Å². The molecule has 1 heterocycles. The predicted molar refractivity (Wildman–Crippen MR) is 67.7 cm³/mol. The summed E-state index contributed by atoms with van der Waals surface area (Å²) < 4.78 is 4.80. The highest BCUT2D eigenvalue weighted by Crippen LogP contribution is 2.64. The molecule has 1 aromatic rings. The van der Waals surface area contributed by atoms with Gasteiger partial charge < -0.3 is 5.73 Å². The molecule has 2 N–H and O–H groups in total. The molecule has 4 aliphatic carbocycles. The van der Waals surface area contributed by atoms with Crippen LogP contribution in [-0.4, -0.2) is 10.3 Å². The Balaban J connectivity index is 1.69. The van der Waals surface area contributed by atoms with Crippen molar-refractivity contribution in [3.8, 4) is 0 Å². The Kier molecular flexibility index (Phi) is 2.10. The Bertz CT molecular complexity index is 432. The van der Waals surface area contributed by atoms with E-state index in [0.29, 0.717) is 17.2 Å². The standard InChI is InChI=1S/C14H21N3O/c1-8(12-13(15)17-18-16-12)14-5-9-2-10(6-14)4-11(3-9)7-14/h8-11H,2-7H2,1H3,(H2,15,17). The first-order chi connectivity index (χ1) is 8.66. The summed E-state index contributed by atoms with van der Waals surface area (Å²) in [6.07, 6.45) is 8.51. The monoisotopic (exact) mass is 247 g/mol. The lowest BCUT2D eigenvalue weighted by Crippen LogP contribution is -2.48. The van der Waals surface area contributed by atoms with Crippen LogP contribution in [0.2, 0.25) is 0 Å². The van der Waals surface area contributed by atoms with Crippen molar-refractivity contribution in [3.63, 3.8) is 0 Å². The average Bonchev–Trinajstić information content (AvgIpc) is 2.72. The Morgan fingerprint density at radius 1 is 1.11 bits per heavy atom. The highest BCUT2D eigenvalue weighted by molar-refractivity contribution is 5.35. The molecule has 4 saturated carbocycles. The third-order valence-corrected chi connectivity index (χ3v) is 5.96. The normalized spacial score (nSPS) is 43.3. The molecular formula is C14H21N3O. The maximum absolute atomic E-state index is 5.89. The third kappa shape index (κ3) is 1.38. The van der Waals surface area contributed by atoms with Gasteiger partial charge in [-0.2, -0.15) is 0 Å². The van der Waals surface area contributed by atoms with Gasteiger partial charge in [-0.1, -0.05) is 12.1 Å². The Morgan fingerprint density at radius 3 is 2.11 bits per heavy atom. The lowest BCUT2D eigenvalue weighted by Gasteiger charge is -2.58. The molecule has 0 saturated heterocycles. The van der Waals surface area contributed by atoms with Crippen molar-refractivity contribution >= 4 is 5.82 Å². The molecule has 1 aromatic heterocycles. The molecule has 18 heavy (non-hydrogen) atoms. The summed E-state index contributed by atoms with van der Waals surface area (Å²) in [6.45, 7) is 2.28. The van der Waals surface area contributed by atoms with Gasteiger partial charge in [-0.05, 0) is 66.9 Å². The smallest absolute Gasteiger partial charge is 0.191 e. The van der Waals surface area contributed by atoms with E-state index in [0.717, 1.165) is 23.4 Å². The molecule has 4 bridgehead atoms. The number of nitrogen functional groups attached to an aromatic ring is 1. The first-order valence-corrected chi connectivity index (χ1v) is 7.24. The number of anilines is 1. The van der Waals surface area contributed by atoms with Crippen LogP contribution in [0.1, 0.15) is 57.1 Å². The summed E-state index contributed by atoms with van der Waals surface area (Å²) in [5.41, 5.74) is 7.22. The topological polar surface area (TPSA) is 64.9 Å². The van der Waals surface area contributed by atoms with E-state index >= 15 is 0 Å². The van der Waals surface area contributed by atoms with E-state index in [1.54, 1.807) is 0 Å². The van der Waals surface area contributed by atoms with E-state index < -0.39 is 0 Å². The Labute approximate surface area is 107 Å². The summed E-state index contributed by atoms with van der Waals surface area (Å²) in [5.74, 6) is 3.77. The number of hydrogen-bond donors (Lipinski definition) is 1. The minimum atomic E-state index is 0.400. The summed E-state index contributed by atoms with van der Waals surface area (Å²) >= 11 is 0. The van der Waals surface area contributed by atoms with Crippen molar-refractivity contribution in [2.75, 3.05) is 5.73 Å². The second-order valence-corrected chi connectivity index (χ2v) is 7.04. The predicted octanol–water partition coefficient (Wildman–Crippen LogP) is 2.97. The van der Waals surface area contributed by atoms with Crippen LogP contribution in [0, 0.1) is 23.2 Å². The molecule has 4 heteroatoms. The maximum atomic E-state index is 5.89. The highest BCUT2D eigenvalue weighted by Gasteiger charge is 2.54. The molecule has 0 radical (unpaired) electrons. The highest BCUT2D eigenvalue weighted by atomic mass is 16.6. The van der Waals surface area contributed by atoms with Crippen LogP contribution in [0.15, 0.2) is 4.63 Å². The van der Waals surface area contributed by atoms with Crippen molar-refractivity contribution < 1.29 is 4.63 Å². The van der Waals surface area contributed by atoms with Gasteiger partial charge in [-0.3, -0.25) is 0 Å². The number of nitrogens with zero attached hydrogens (tertiary/aromatic N) is 2. The van der Waals surface area contributed by atoms with Crippen LogP contribution in [-0.2, 0) is 0 Å². The molecule has 5 rings (SSSR count). The Morgan fingerprint density at radius 2 is 1.67 bits per heavy atom. The quantitative estimate of drug-likeness (QED) is 0.872. The molecular weight excluding hydrogens is 226 g/mol.